The van der Waals surface area contributed by atoms with Crippen molar-refractivity contribution in [1.29, 1.82) is 0 Å². The molecule has 0 spiro atoms. The summed E-state index contributed by atoms with van der Waals surface area (Å²) in [4.78, 5) is 0. The topological polar surface area (TPSA) is 29.5 Å². The smallest absolute Gasteiger partial charge is 0.0468 e. The van der Waals surface area contributed by atoms with E-state index in [4.69, 9.17) is 9.84 Å². The highest BCUT2D eigenvalue weighted by Crippen LogP contribution is 2.26. The van der Waals surface area contributed by atoms with E-state index in [1.807, 2.05) is 32.9 Å². The molecule has 0 amide bonds. The van der Waals surface area contributed by atoms with Crippen molar-refractivity contribution in [3.05, 3.63) is 60.8 Å². The third-order valence-corrected chi connectivity index (χ3v) is 5.09. The molecule has 0 aromatic rings. The van der Waals surface area contributed by atoms with E-state index in [0.717, 1.165) is 31.1 Å². The van der Waals surface area contributed by atoms with Crippen LogP contribution in [0, 0.1) is 5.92 Å². The molecular weight excluding hydrogens is 356 g/mol. The van der Waals surface area contributed by atoms with Gasteiger partial charge in [0.05, 0.1) is 0 Å². The molecule has 0 radical (unpaired) electrons. The van der Waals surface area contributed by atoms with Gasteiger partial charge in [-0.1, -0.05) is 94.2 Å². The molecule has 0 aromatic carbocycles. The van der Waals surface area contributed by atoms with E-state index in [2.05, 4.69) is 26.7 Å². The van der Waals surface area contributed by atoms with Crippen molar-refractivity contribution in [2.45, 2.75) is 85.5 Å². The highest BCUT2D eigenvalue weighted by molar-refractivity contribution is 5.28. The van der Waals surface area contributed by atoms with E-state index in [-0.39, 0.29) is 6.61 Å². The highest BCUT2D eigenvalue weighted by atomic mass is 16.5. The Bertz CT molecular complexity index is 443. The van der Waals surface area contributed by atoms with Crippen LogP contribution in [-0.2, 0) is 4.74 Å². The van der Waals surface area contributed by atoms with Crippen LogP contribution >= 0.6 is 0 Å². The summed E-state index contributed by atoms with van der Waals surface area (Å²) in [6, 6.07) is 0. The third kappa shape index (κ3) is 22.8. The quantitative estimate of drug-likeness (QED) is 0.455. The van der Waals surface area contributed by atoms with Crippen molar-refractivity contribution in [1.82, 2.24) is 0 Å². The minimum absolute atomic E-state index is 0.224. The Balaban J connectivity index is 0. The molecule has 2 heteroatoms. The standard InChI is InChI=1S/C11H18O.C7H14.C5H10O.C4H6/c1-9(2)11(4)6-5-10(3)7-8-12;1-2-7-5-3-4-6-7;1-2-4-6-5-3-1;1-3-4-2/h5-6,12H,1,7-8H2,2-4H3;7H,2-6H2,1H3;1-5H2;3-4H,1-2H2/b10-5+,11-6-;;;. The summed E-state index contributed by atoms with van der Waals surface area (Å²) in [6.45, 7) is 21.1. The first-order valence-electron chi connectivity index (χ1n) is 11.3. The van der Waals surface area contributed by atoms with Crippen LogP contribution in [-0.4, -0.2) is 24.9 Å². The zero-order valence-corrected chi connectivity index (χ0v) is 19.8. The second-order valence-electron chi connectivity index (χ2n) is 7.82. The lowest BCUT2D eigenvalue weighted by Crippen LogP contribution is -2.03. The fourth-order valence-corrected chi connectivity index (χ4v) is 2.77. The third-order valence-electron chi connectivity index (χ3n) is 5.09. The van der Waals surface area contributed by atoms with Gasteiger partial charge < -0.3 is 9.84 Å². The maximum absolute atomic E-state index is 8.63. The number of ether oxygens (including phenoxy) is 1. The molecule has 0 bridgehead atoms. The number of allylic oxidation sites excluding steroid dienone is 6. The van der Waals surface area contributed by atoms with Gasteiger partial charge in [-0.15, -0.1) is 0 Å². The molecule has 1 aliphatic carbocycles. The summed E-state index contributed by atoms with van der Waals surface area (Å²) in [7, 11) is 0. The predicted molar refractivity (Wildman–Crippen MR) is 131 cm³/mol. The van der Waals surface area contributed by atoms with E-state index >= 15 is 0 Å². The number of hydrogen-bond acceptors (Lipinski definition) is 2. The van der Waals surface area contributed by atoms with Crippen molar-refractivity contribution < 1.29 is 9.84 Å². The Hall–Kier alpha value is -1.38. The van der Waals surface area contributed by atoms with E-state index in [1.165, 1.54) is 62.5 Å². The van der Waals surface area contributed by atoms with E-state index in [1.54, 1.807) is 12.2 Å². The average molecular weight is 405 g/mol. The fraction of sp³-hybridized carbons (Fsp3) is 0.630. The minimum Gasteiger partial charge on any atom is -0.396 e. The molecule has 2 aliphatic rings. The molecule has 0 aromatic heterocycles. The molecule has 0 unspecified atom stereocenters. The maximum atomic E-state index is 8.63. The second kappa shape index (κ2) is 22.9. The molecule has 168 valence electrons. The lowest BCUT2D eigenvalue weighted by atomic mass is 10.1. The lowest BCUT2D eigenvalue weighted by Gasteiger charge is -2.08. The molecular formula is C27H48O2. The van der Waals surface area contributed by atoms with Gasteiger partial charge in [0.25, 0.3) is 0 Å². The van der Waals surface area contributed by atoms with Crippen molar-refractivity contribution in [2.75, 3.05) is 19.8 Å². The van der Waals surface area contributed by atoms with Crippen molar-refractivity contribution in [2.24, 2.45) is 5.92 Å². The Morgan fingerprint density at radius 3 is 1.76 bits per heavy atom. The van der Waals surface area contributed by atoms with Crippen LogP contribution in [0.15, 0.2) is 60.8 Å². The number of hydrogen-bond donors (Lipinski definition) is 1. The van der Waals surface area contributed by atoms with Crippen LogP contribution in [0.1, 0.15) is 85.5 Å². The highest BCUT2D eigenvalue weighted by Gasteiger charge is 2.11. The van der Waals surface area contributed by atoms with Gasteiger partial charge in [-0.3, -0.25) is 0 Å². The summed E-state index contributed by atoms with van der Waals surface area (Å²) in [5, 5.41) is 8.63. The van der Waals surface area contributed by atoms with Gasteiger partial charge in [0.1, 0.15) is 0 Å². The van der Waals surface area contributed by atoms with Crippen LogP contribution in [0.2, 0.25) is 0 Å². The van der Waals surface area contributed by atoms with Crippen LogP contribution in [0.5, 0.6) is 0 Å². The number of rotatable bonds is 6. The van der Waals surface area contributed by atoms with Crippen LogP contribution in [0.4, 0.5) is 0 Å². The summed E-state index contributed by atoms with van der Waals surface area (Å²) in [5.74, 6) is 1.10. The van der Waals surface area contributed by atoms with Gasteiger partial charge in [-0.05, 0) is 57.9 Å². The summed E-state index contributed by atoms with van der Waals surface area (Å²) in [6.07, 6.45) is 19.5. The van der Waals surface area contributed by atoms with E-state index in [0.29, 0.717) is 0 Å². The van der Waals surface area contributed by atoms with Gasteiger partial charge in [0, 0.05) is 19.8 Å². The molecule has 1 saturated heterocycles. The van der Waals surface area contributed by atoms with Crippen LogP contribution < -0.4 is 0 Å². The van der Waals surface area contributed by atoms with Crippen LogP contribution in [0.25, 0.3) is 0 Å². The Kier molecular flexibility index (Phi) is 23.6. The van der Waals surface area contributed by atoms with Crippen molar-refractivity contribution >= 4 is 0 Å². The average Bonchev–Trinajstić information content (AvgIpc) is 3.28. The van der Waals surface area contributed by atoms with E-state index in [9.17, 15) is 0 Å². The summed E-state index contributed by atoms with van der Waals surface area (Å²) < 4.78 is 5.07. The summed E-state index contributed by atoms with van der Waals surface area (Å²) in [5.41, 5.74) is 3.47. The minimum atomic E-state index is 0.224. The number of aliphatic hydroxyl groups excluding tert-OH is 1. The van der Waals surface area contributed by atoms with Gasteiger partial charge in [0.2, 0.25) is 0 Å². The first-order valence-corrected chi connectivity index (χ1v) is 11.3. The Morgan fingerprint density at radius 2 is 1.48 bits per heavy atom. The van der Waals surface area contributed by atoms with Crippen molar-refractivity contribution in [3.8, 4) is 0 Å². The summed E-state index contributed by atoms with van der Waals surface area (Å²) >= 11 is 0. The second-order valence-corrected chi connectivity index (χ2v) is 7.82. The van der Waals surface area contributed by atoms with Crippen LogP contribution in [0.3, 0.4) is 0 Å². The molecule has 2 rings (SSSR count). The largest absolute Gasteiger partial charge is 0.396 e. The molecule has 1 heterocycles. The van der Waals surface area contributed by atoms with Gasteiger partial charge >= 0.3 is 0 Å². The predicted octanol–water partition coefficient (Wildman–Crippen LogP) is 7.97. The van der Waals surface area contributed by atoms with Gasteiger partial charge in [-0.25, -0.2) is 0 Å². The zero-order chi connectivity index (χ0) is 22.3. The zero-order valence-electron chi connectivity index (χ0n) is 19.8. The van der Waals surface area contributed by atoms with Gasteiger partial charge in [0.15, 0.2) is 0 Å². The normalized spacial score (nSPS) is 16.9. The molecule has 2 nitrogen and oxygen atoms in total. The van der Waals surface area contributed by atoms with Crippen molar-refractivity contribution in [3.63, 3.8) is 0 Å². The molecule has 29 heavy (non-hydrogen) atoms. The SMILES string of the molecule is C1CCOCC1.C=C(C)/C(C)=C\C=C(/C)CCO.C=CC=C.CCC1CCCC1. The molecule has 1 aliphatic heterocycles. The fourth-order valence-electron chi connectivity index (χ4n) is 2.77. The number of aliphatic hydroxyl groups is 1. The maximum Gasteiger partial charge on any atom is 0.0468 e. The first-order chi connectivity index (χ1) is 13.9. The Morgan fingerprint density at radius 1 is 0.931 bits per heavy atom. The molecule has 1 saturated carbocycles. The molecule has 0 atom stereocenters. The first kappa shape index (κ1) is 29.8. The lowest BCUT2D eigenvalue weighted by molar-refractivity contribution is 0.0968. The molecule has 1 N–H and O–H groups in total. The Labute approximate surface area is 182 Å². The van der Waals surface area contributed by atoms with Gasteiger partial charge in [-0.2, -0.15) is 0 Å². The van der Waals surface area contributed by atoms with E-state index < -0.39 is 0 Å². The monoisotopic (exact) mass is 404 g/mol. The molecule has 2 fully saturated rings.